The molecule has 90 valence electrons. The molecule has 2 heterocycles. The monoisotopic (exact) mass is 230 g/mol. The second-order valence-corrected chi connectivity index (χ2v) is 4.70. The van der Waals surface area contributed by atoms with E-state index in [-0.39, 0.29) is 0 Å². The Morgan fingerprint density at radius 1 is 1.24 bits per heavy atom. The maximum atomic E-state index is 5.46. The van der Waals surface area contributed by atoms with Gasteiger partial charge in [0.15, 0.2) is 0 Å². The molecule has 0 spiro atoms. The van der Waals surface area contributed by atoms with Crippen molar-refractivity contribution in [1.29, 1.82) is 0 Å². The Morgan fingerprint density at radius 2 is 2.12 bits per heavy atom. The Morgan fingerprint density at radius 3 is 2.76 bits per heavy atom. The van der Waals surface area contributed by atoms with Gasteiger partial charge in [-0.25, -0.2) is 4.99 Å². The van der Waals surface area contributed by atoms with Gasteiger partial charge in [0, 0.05) is 12.1 Å². The average molecular weight is 230 g/mol. The first-order valence-electron chi connectivity index (χ1n) is 6.42. The highest BCUT2D eigenvalue weighted by atomic mass is 16.5. The molecule has 1 N–H and O–H groups in total. The Kier molecular flexibility index (Phi) is 3.10. The third kappa shape index (κ3) is 2.34. The fourth-order valence-corrected chi connectivity index (χ4v) is 2.54. The van der Waals surface area contributed by atoms with Gasteiger partial charge in [-0.1, -0.05) is 12.1 Å². The van der Waals surface area contributed by atoms with Crippen LogP contribution in [0.15, 0.2) is 29.3 Å². The van der Waals surface area contributed by atoms with Crippen LogP contribution in [0.1, 0.15) is 29.9 Å². The van der Waals surface area contributed by atoms with E-state index in [0.29, 0.717) is 5.92 Å². The molecule has 1 atom stereocenters. The lowest BCUT2D eigenvalue weighted by atomic mass is 9.91. The molecule has 1 unspecified atom stereocenters. The van der Waals surface area contributed by atoms with E-state index in [1.54, 1.807) is 0 Å². The van der Waals surface area contributed by atoms with E-state index < -0.39 is 0 Å². The van der Waals surface area contributed by atoms with Crippen LogP contribution in [0.5, 0.6) is 0 Å². The number of hydrogen-bond acceptors (Lipinski definition) is 3. The first-order chi connectivity index (χ1) is 8.43. The maximum Gasteiger partial charge on any atom is 0.216 e. The van der Waals surface area contributed by atoms with Crippen molar-refractivity contribution < 1.29 is 4.74 Å². The molecule has 3 heteroatoms. The molecule has 17 heavy (non-hydrogen) atoms. The molecule has 1 aromatic rings. The quantitative estimate of drug-likeness (QED) is 0.842. The topological polar surface area (TPSA) is 33.6 Å². The summed E-state index contributed by atoms with van der Waals surface area (Å²) in [6.45, 7) is 3.79. The molecule has 1 aromatic carbocycles. The predicted octanol–water partition coefficient (Wildman–Crippen LogP) is 1.93. The van der Waals surface area contributed by atoms with E-state index in [4.69, 9.17) is 4.74 Å². The lowest BCUT2D eigenvalue weighted by molar-refractivity contribution is 0.348. The molecule has 2 aliphatic rings. The number of benzene rings is 1. The molecule has 0 aromatic heterocycles. The van der Waals surface area contributed by atoms with Gasteiger partial charge in [0.05, 0.1) is 6.54 Å². The van der Waals surface area contributed by atoms with Crippen molar-refractivity contribution in [3.8, 4) is 0 Å². The van der Waals surface area contributed by atoms with Crippen LogP contribution < -0.4 is 5.32 Å². The zero-order chi connectivity index (χ0) is 11.5. The van der Waals surface area contributed by atoms with Gasteiger partial charge in [0.1, 0.15) is 6.61 Å². The average Bonchev–Trinajstić information content (AvgIpc) is 2.94. The van der Waals surface area contributed by atoms with Crippen molar-refractivity contribution >= 4 is 5.90 Å². The zero-order valence-electron chi connectivity index (χ0n) is 9.98. The minimum Gasteiger partial charge on any atom is -0.476 e. The van der Waals surface area contributed by atoms with E-state index in [2.05, 4.69) is 34.6 Å². The van der Waals surface area contributed by atoms with Gasteiger partial charge in [-0.05, 0) is 43.0 Å². The first-order valence-corrected chi connectivity index (χ1v) is 6.42. The van der Waals surface area contributed by atoms with Gasteiger partial charge >= 0.3 is 0 Å². The number of rotatable bonds is 2. The van der Waals surface area contributed by atoms with Gasteiger partial charge < -0.3 is 10.1 Å². The molecule has 3 nitrogen and oxygen atoms in total. The summed E-state index contributed by atoms with van der Waals surface area (Å²) in [7, 11) is 0. The summed E-state index contributed by atoms with van der Waals surface area (Å²) in [6.07, 6.45) is 2.58. The Hall–Kier alpha value is -1.35. The molecule has 0 saturated carbocycles. The van der Waals surface area contributed by atoms with E-state index >= 15 is 0 Å². The van der Waals surface area contributed by atoms with Gasteiger partial charge in [-0.3, -0.25) is 0 Å². The molecule has 0 radical (unpaired) electrons. The summed E-state index contributed by atoms with van der Waals surface area (Å²) in [4.78, 5) is 4.33. The fourth-order valence-electron chi connectivity index (χ4n) is 2.54. The number of nitrogens with zero attached hydrogens (tertiary/aromatic N) is 1. The van der Waals surface area contributed by atoms with Crippen molar-refractivity contribution in [1.82, 2.24) is 5.32 Å². The van der Waals surface area contributed by atoms with Crippen LogP contribution in [0, 0.1) is 0 Å². The molecule has 0 amide bonds. The fraction of sp³-hybridized carbons (Fsp3) is 0.500. The van der Waals surface area contributed by atoms with Crippen LogP contribution in [0.2, 0.25) is 0 Å². The molecule has 1 saturated heterocycles. The standard InChI is InChI=1S/C14H18N2O/c1-2-13(10-15-7-1)11-3-5-12(6-4-11)14-16-8-9-17-14/h3-6,13,15H,1-2,7-10H2. The highest BCUT2D eigenvalue weighted by Gasteiger charge is 2.16. The lowest BCUT2D eigenvalue weighted by Crippen LogP contribution is -2.28. The number of ether oxygens (including phenoxy) is 1. The van der Waals surface area contributed by atoms with Gasteiger partial charge in [-0.2, -0.15) is 0 Å². The van der Waals surface area contributed by atoms with Crippen LogP contribution in [-0.4, -0.2) is 32.1 Å². The largest absolute Gasteiger partial charge is 0.476 e. The summed E-state index contributed by atoms with van der Waals surface area (Å²) in [6, 6.07) is 8.70. The summed E-state index contributed by atoms with van der Waals surface area (Å²) in [5.41, 5.74) is 2.54. The second-order valence-electron chi connectivity index (χ2n) is 4.70. The first kappa shape index (κ1) is 10.8. The number of nitrogens with one attached hydrogen (secondary N) is 1. The second kappa shape index (κ2) is 4.88. The van der Waals surface area contributed by atoms with Crippen LogP contribution in [-0.2, 0) is 4.74 Å². The highest BCUT2D eigenvalue weighted by Crippen LogP contribution is 2.23. The third-order valence-electron chi connectivity index (χ3n) is 3.51. The third-order valence-corrected chi connectivity index (χ3v) is 3.51. The van der Waals surface area contributed by atoms with Gasteiger partial charge in [0.25, 0.3) is 0 Å². The molecule has 1 fully saturated rings. The summed E-state index contributed by atoms with van der Waals surface area (Å²) < 4.78 is 5.46. The Bertz CT molecular complexity index is 405. The van der Waals surface area contributed by atoms with Crippen LogP contribution in [0.25, 0.3) is 0 Å². The minimum atomic E-state index is 0.671. The predicted molar refractivity (Wildman–Crippen MR) is 68.6 cm³/mol. The van der Waals surface area contributed by atoms with Crippen LogP contribution in [0.3, 0.4) is 0 Å². The van der Waals surface area contributed by atoms with E-state index in [9.17, 15) is 0 Å². The van der Waals surface area contributed by atoms with Crippen molar-refractivity contribution in [2.45, 2.75) is 18.8 Å². The van der Waals surface area contributed by atoms with Crippen LogP contribution >= 0.6 is 0 Å². The summed E-state index contributed by atoms with van der Waals surface area (Å²) in [5.74, 6) is 1.47. The molecular formula is C14H18N2O. The minimum absolute atomic E-state index is 0.671. The van der Waals surface area contributed by atoms with E-state index in [1.165, 1.54) is 24.9 Å². The van der Waals surface area contributed by atoms with E-state index in [1.807, 2.05) is 0 Å². The normalized spacial score (nSPS) is 24.2. The Labute approximate surface area is 102 Å². The Balaban J connectivity index is 1.75. The SMILES string of the molecule is c1cc(C2CCCNC2)ccc1C1=NCCO1. The lowest BCUT2D eigenvalue weighted by Gasteiger charge is -2.23. The summed E-state index contributed by atoms with van der Waals surface area (Å²) >= 11 is 0. The maximum absolute atomic E-state index is 5.46. The molecule has 2 aliphatic heterocycles. The smallest absolute Gasteiger partial charge is 0.216 e. The van der Waals surface area contributed by atoms with E-state index in [0.717, 1.165) is 31.2 Å². The molecule has 0 bridgehead atoms. The van der Waals surface area contributed by atoms with Gasteiger partial charge in [-0.15, -0.1) is 0 Å². The molecular weight excluding hydrogens is 212 g/mol. The van der Waals surface area contributed by atoms with Crippen molar-refractivity contribution in [3.63, 3.8) is 0 Å². The summed E-state index contributed by atoms with van der Waals surface area (Å²) in [5, 5.41) is 3.45. The number of hydrogen-bond donors (Lipinski definition) is 1. The van der Waals surface area contributed by atoms with Crippen molar-refractivity contribution in [2.75, 3.05) is 26.2 Å². The number of piperidine rings is 1. The highest BCUT2D eigenvalue weighted by molar-refractivity contribution is 5.94. The molecule has 0 aliphatic carbocycles. The van der Waals surface area contributed by atoms with Crippen molar-refractivity contribution in [3.05, 3.63) is 35.4 Å². The van der Waals surface area contributed by atoms with Crippen molar-refractivity contribution in [2.24, 2.45) is 4.99 Å². The number of aliphatic imine (C=N–C) groups is 1. The van der Waals surface area contributed by atoms with Gasteiger partial charge in [0.2, 0.25) is 5.90 Å². The molecule has 3 rings (SSSR count). The van der Waals surface area contributed by atoms with Crippen LogP contribution in [0.4, 0.5) is 0 Å². The zero-order valence-corrected chi connectivity index (χ0v) is 9.98.